The lowest BCUT2D eigenvalue weighted by molar-refractivity contribution is 0.191. The molecule has 1 N–H and O–H groups in total. The van der Waals surface area contributed by atoms with Gasteiger partial charge in [0.1, 0.15) is 0 Å². The van der Waals surface area contributed by atoms with Gasteiger partial charge in [-0.25, -0.2) is 0 Å². The van der Waals surface area contributed by atoms with E-state index in [9.17, 15) is 0 Å². The maximum Gasteiger partial charge on any atom is 0.0462 e. The summed E-state index contributed by atoms with van der Waals surface area (Å²) < 4.78 is 6.20. The third-order valence-corrected chi connectivity index (χ3v) is 4.53. The minimum absolute atomic E-state index is 0.579. The summed E-state index contributed by atoms with van der Waals surface area (Å²) in [5.41, 5.74) is 0. The molecule has 0 aliphatic carbocycles. The van der Waals surface area contributed by atoms with Crippen LogP contribution >= 0.6 is 27.7 Å². The number of benzene rings is 1. The van der Waals surface area contributed by atoms with E-state index < -0.39 is 0 Å². The topological polar surface area (TPSA) is 21.3 Å². The van der Waals surface area contributed by atoms with Crippen LogP contribution < -0.4 is 5.32 Å². The van der Waals surface area contributed by atoms with Crippen LogP contribution in [-0.2, 0) is 4.74 Å². The molecule has 2 nitrogen and oxygen atoms in total. The molecule has 4 heteroatoms. The molecule has 0 radical (unpaired) electrons. The van der Waals surface area contributed by atoms with E-state index in [0.29, 0.717) is 6.04 Å². The number of ether oxygens (including phenoxy) is 1. The Bertz CT molecular complexity index is 318. The van der Waals surface area contributed by atoms with Crippen LogP contribution in [0.3, 0.4) is 0 Å². The Hall–Kier alpha value is -0.0300. The maximum atomic E-state index is 5.07. The molecule has 18 heavy (non-hydrogen) atoms. The quantitative estimate of drug-likeness (QED) is 0.547. The molecule has 0 fully saturated rings. The highest BCUT2D eigenvalue weighted by Crippen LogP contribution is 2.22. The first-order valence-electron chi connectivity index (χ1n) is 6.31. The predicted molar refractivity (Wildman–Crippen MR) is 83.4 cm³/mol. The van der Waals surface area contributed by atoms with Gasteiger partial charge in [-0.15, -0.1) is 11.8 Å². The van der Waals surface area contributed by atoms with Gasteiger partial charge in [0, 0.05) is 34.9 Å². The van der Waals surface area contributed by atoms with Crippen LogP contribution in [0.2, 0.25) is 0 Å². The van der Waals surface area contributed by atoms with E-state index in [0.717, 1.165) is 23.3 Å². The summed E-state index contributed by atoms with van der Waals surface area (Å²) in [5.74, 6) is 1.12. The van der Waals surface area contributed by atoms with Gasteiger partial charge in [0.25, 0.3) is 0 Å². The minimum Gasteiger partial charge on any atom is -0.385 e. The van der Waals surface area contributed by atoms with Gasteiger partial charge in [-0.3, -0.25) is 0 Å². The number of unbranched alkanes of at least 4 members (excludes halogenated alkanes) is 1. The Kier molecular flexibility index (Phi) is 8.76. The van der Waals surface area contributed by atoms with Crippen molar-refractivity contribution in [3.63, 3.8) is 0 Å². The molecule has 0 aromatic heterocycles. The third kappa shape index (κ3) is 6.78. The summed E-state index contributed by atoms with van der Waals surface area (Å²) in [6.07, 6.45) is 3.58. The lowest BCUT2D eigenvalue weighted by Gasteiger charge is -2.15. The van der Waals surface area contributed by atoms with Gasteiger partial charge in [-0.1, -0.05) is 15.9 Å². The molecule has 1 rings (SSSR count). The molecule has 0 bridgehead atoms. The predicted octanol–water partition coefficient (Wildman–Crippen LogP) is 3.95. The number of halogens is 1. The monoisotopic (exact) mass is 331 g/mol. The lowest BCUT2D eigenvalue weighted by Crippen LogP contribution is -2.27. The molecule has 0 aliphatic rings. The number of hydrogen-bond donors (Lipinski definition) is 1. The van der Waals surface area contributed by atoms with Crippen molar-refractivity contribution in [2.24, 2.45) is 0 Å². The normalized spacial score (nSPS) is 12.6. The van der Waals surface area contributed by atoms with Crippen LogP contribution in [0.1, 0.15) is 19.3 Å². The molecule has 0 saturated heterocycles. The highest BCUT2D eigenvalue weighted by molar-refractivity contribution is 9.10. The first-order valence-corrected chi connectivity index (χ1v) is 8.08. The molecule has 0 saturated carbocycles. The summed E-state index contributed by atoms with van der Waals surface area (Å²) in [6, 6.07) is 9.08. The largest absolute Gasteiger partial charge is 0.385 e. The molecule has 0 amide bonds. The first kappa shape index (κ1) is 16.0. The van der Waals surface area contributed by atoms with Crippen LogP contribution in [0.4, 0.5) is 0 Å². The highest BCUT2D eigenvalue weighted by Gasteiger charge is 2.06. The molecule has 1 aromatic rings. The van der Waals surface area contributed by atoms with Crippen molar-refractivity contribution in [2.45, 2.75) is 30.2 Å². The second kappa shape index (κ2) is 9.84. The van der Waals surface area contributed by atoms with Gasteiger partial charge in [-0.05, 0) is 50.6 Å². The fourth-order valence-electron chi connectivity index (χ4n) is 1.68. The SMILES string of the molecule is CNC(CCCCOC)CSc1ccc(Br)cc1. The summed E-state index contributed by atoms with van der Waals surface area (Å²) in [7, 11) is 3.81. The van der Waals surface area contributed by atoms with E-state index >= 15 is 0 Å². The van der Waals surface area contributed by atoms with E-state index in [2.05, 4.69) is 45.5 Å². The van der Waals surface area contributed by atoms with E-state index in [1.165, 1.54) is 17.7 Å². The van der Waals surface area contributed by atoms with Crippen LogP contribution in [0.15, 0.2) is 33.6 Å². The molecular formula is C14H22BrNOS. The fraction of sp³-hybridized carbons (Fsp3) is 0.571. The molecule has 1 unspecified atom stereocenters. The fourth-order valence-corrected chi connectivity index (χ4v) is 3.00. The second-order valence-corrected chi connectivity index (χ2v) is 6.25. The highest BCUT2D eigenvalue weighted by atomic mass is 79.9. The lowest BCUT2D eigenvalue weighted by atomic mass is 10.1. The van der Waals surface area contributed by atoms with Crippen molar-refractivity contribution in [2.75, 3.05) is 26.5 Å². The van der Waals surface area contributed by atoms with E-state index in [4.69, 9.17) is 4.74 Å². The smallest absolute Gasteiger partial charge is 0.0462 e. The summed E-state index contributed by atoms with van der Waals surface area (Å²) in [6.45, 7) is 0.871. The number of methoxy groups -OCH3 is 1. The number of thioether (sulfide) groups is 1. The first-order chi connectivity index (χ1) is 8.76. The molecule has 0 spiro atoms. The zero-order valence-corrected chi connectivity index (χ0v) is 13.5. The van der Waals surface area contributed by atoms with Crippen LogP contribution in [0.5, 0.6) is 0 Å². The summed E-state index contributed by atoms with van der Waals surface area (Å²) in [5, 5.41) is 3.39. The molecule has 1 atom stereocenters. The Morgan fingerprint density at radius 3 is 2.61 bits per heavy atom. The standard InChI is InChI=1S/C14H22BrNOS/c1-16-13(5-3-4-10-17-2)11-18-14-8-6-12(15)7-9-14/h6-9,13,16H,3-5,10-11H2,1-2H3. The average molecular weight is 332 g/mol. The van der Waals surface area contributed by atoms with Gasteiger partial charge in [0.05, 0.1) is 0 Å². The summed E-state index contributed by atoms with van der Waals surface area (Å²) in [4.78, 5) is 1.33. The van der Waals surface area contributed by atoms with Crippen molar-refractivity contribution in [3.8, 4) is 0 Å². The van der Waals surface area contributed by atoms with Gasteiger partial charge in [-0.2, -0.15) is 0 Å². The number of rotatable bonds is 9. The Balaban J connectivity index is 2.24. The number of hydrogen-bond acceptors (Lipinski definition) is 3. The van der Waals surface area contributed by atoms with Gasteiger partial charge < -0.3 is 10.1 Å². The molecule has 102 valence electrons. The maximum absolute atomic E-state index is 5.07. The van der Waals surface area contributed by atoms with Crippen molar-refractivity contribution in [1.82, 2.24) is 5.32 Å². The van der Waals surface area contributed by atoms with E-state index in [1.807, 2.05) is 18.8 Å². The average Bonchev–Trinajstić information content (AvgIpc) is 2.40. The minimum atomic E-state index is 0.579. The Morgan fingerprint density at radius 2 is 2.00 bits per heavy atom. The third-order valence-electron chi connectivity index (χ3n) is 2.82. The second-order valence-electron chi connectivity index (χ2n) is 4.24. The van der Waals surface area contributed by atoms with Gasteiger partial charge in [0.15, 0.2) is 0 Å². The van der Waals surface area contributed by atoms with Crippen molar-refractivity contribution >= 4 is 27.7 Å². The van der Waals surface area contributed by atoms with Gasteiger partial charge in [0.2, 0.25) is 0 Å². The van der Waals surface area contributed by atoms with Crippen molar-refractivity contribution in [3.05, 3.63) is 28.7 Å². The van der Waals surface area contributed by atoms with Crippen molar-refractivity contribution < 1.29 is 4.74 Å². The Morgan fingerprint density at radius 1 is 1.28 bits per heavy atom. The van der Waals surface area contributed by atoms with E-state index in [-0.39, 0.29) is 0 Å². The van der Waals surface area contributed by atoms with Gasteiger partial charge >= 0.3 is 0 Å². The molecular weight excluding hydrogens is 310 g/mol. The van der Waals surface area contributed by atoms with E-state index in [1.54, 1.807) is 7.11 Å². The molecule has 0 aliphatic heterocycles. The summed E-state index contributed by atoms with van der Waals surface area (Å²) >= 11 is 5.37. The molecule has 1 aromatic carbocycles. The van der Waals surface area contributed by atoms with Crippen LogP contribution in [0.25, 0.3) is 0 Å². The zero-order valence-electron chi connectivity index (χ0n) is 11.1. The molecule has 0 heterocycles. The number of nitrogens with one attached hydrogen (secondary N) is 1. The van der Waals surface area contributed by atoms with Crippen LogP contribution in [-0.4, -0.2) is 32.6 Å². The van der Waals surface area contributed by atoms with Crippen molar-refractivity contribution in [1.29, 1.82) is 0 Å². The Labute approximate surface area is 123 Å². The van der Waals surface area contributed by atoms with Crippen LogP contribution in [0, 0.1) is 0 Å². The zero-order chi connectivity index (χ0) is 13.2.